The minimum atomic E-state index is -4.48. The minimum absolute atomic E-state index is 0.0194. The van der Waals surface area contributed by atoms with Gasteiger partial charge in [0, 0.05) is 47.9 Å². The molecule has 11 heteroatoms. The van der Waals surface area contributed by atoms with Crippen LogP contribution in [0.4, 0.5) is 13.2 Å². The fourth-order valence-electron chi connectivity index (χ4n) is 4.41. The molecule has 0 fully saturated rings. The number of ether oxygens (including phenoxy) is 2. The van der Waals surface area contributed by atoms with Crippen molar-refractivity contribution in [3.05, 3.63) is 53.0 Å². The number of methoxy groups -OCH3 is 2. The van der Waals surface area contributed by atoms with E-state index in [0.29, 0.717) is 39.5 Å². The first-order chi connectivity index (χ1) is 16.2. The lowest BCUT2D eigenvalue weighted by Crippen LogP contribution is -2.40. The van der Waals surface area contributed by atoms with E-state index in [1.165, 1.54) is 37.6 Å². The van der Waals surface area contributed by atoms with Gasteiger partial charge in [-0.1, -0.05) is 0 Å². The number of amides is 1. The van der Waals surface area contributed by atoms with Crippen LogP contribution in [-0.4, -0.2) is 52.3 Å². The molecule has 0 saturated carbocycles. The molecule has 2 N–H and O–H groups in total. The number of carbonyl (C=O) groups is 2. The van der Waals surface area contributed by atoms with Crippen LogP contribution in [0.1, 0.15) is 27.2 Å². The molecule has 3 aromatic heterocycles. The maximum absolute atomic E-state index is 13.2. The molecule has 1 amide bonds. The molecule has 0 spiro atoms. The van der Waals surface area contributed by atoms with Gasteiger partial charge in [-0.25, -0.2) is 4.98 Å². The average Bonchev–Trinajstić information content (AvgIpc) is 3.43. The Hall–Kier alpha value is -4.02. The molecule has 4 aromatic rings. The number of hydrogen-bond donors (Lipinski definition) is 2. The van der Waals surface area contributed by atoms with E-state index in [-0.39, 0.29) is 24.5 Å². The predicted octanol–water partition coefficient (Wildman–Crippen LogP) is 3.85. The van der Waals surface area contributed by atoms with E-state index in [4.69, 9.17) is 9.47 Å². The summed E-state index contributed by atoms with van der Waals surface area (Å²) < 4.78 is 50.2. The number of aromatic nitrogens is 3. The van der Waals surface area contributed by atoms with Gasteiger partial charge in [-0.15, -0.1) is 0 Å². The topological polar surface area (TPSA) is 100 Å². The zero-order valence-electron chi connectivity index (χ0n) is 18.2. The van der Waals surface area contributed by atoms with Crippen molar-refractivity contribution in [1.29, 1.82) is 0 Å². The van der Waals surface area contributed by atoms with Gasteiger partial charge in [-0.2, -0.15) is 13.2 Å². The lowest BCUT2D eigenvalue weighted by molar-refractivity contribution is -0.137. The van der Waals surface area contributed by atoms with Crippen LogP contribution >= 0.6 is 0 Å². The maximum atomic E-state index is 13.2. The maximum Gasteiger partial charge on any atom is 0.416 e. The summed E-state index contributed by atoms with van der Waals surface area (Å²) in [5.74, 6) is -0.989. The number of ketones is 1. The van der Waals surface area contributed by atoms with Crippen molar-refractivity contribution < 1.29 is 32.2 Å². The average molecular weight is 472 g/mol. The summed E-state index contributed by atoms with van der Waals surface area (Å²) in [7, 11) is 2.85. The number of carbonyl (C=O) groups excluding carboxylic acids is 2. The molecular formula is C23H19F3N4O4. The Morgan fingerprint density at radius 2 is 1.97 bits per heavy atom. The molecule has 0 bridgehead atoms. The largest absolute Gasteiger partial charge is 0.494 e. The monoisotopic (exact) mass is 472 g/mol. The first-order valence-electron chi connectivity index (χ1n) is 10.3. The smallest absolute Gasteiger partial charge is 0.416 e. The number of aromatic amines is 2. The fraction of sp³-hybridized carbons (Fsp3) is 0.261. The molecule has 1 aromatic carbocycles. The summed E-state index contributed by atoms with van der Waals surface area (Å²) in [5, 5.41) is 0.756. The highest BCUT2D eigenvalue weighted by atomic mass is 19.4. The van der Waals surface area contributed by atoms with Crippen LogP contribution in [0, 0.1) is 0 Å². The molecule has 0 aliphatic carbocycles. The van der Waals surface area contributed by atoms with Crippen molar-refractivity contribution in [1.82, 2.24) is 19.9 Å². The van der Waals surface area contributed by atoms with Crippen LogP contribution in [0.3, 0.4) is 0 Å². The van der Waals surface area contributed by atoms with E-state index in [1.54, 1.807) is 0 Å². The van der Waals surface area contributed by atoms with Crippen LogP contribution in [0.5, 0.6) is 11.6 Å². The van der Waals surface area contributed by atoms with Crippen LogP contribution in [0.2, 0.25) is 0 Å². The van der Waals surface area contributed by atoms with Crippen molar-refractivity contribution in [3.8, 4) is 11.6 Å². The first kappa shape index (κ1) is 21.8. The van der Waals surface area contributed by atoms with E-state index in [2.05, 4.69) is 15.0 Å². The number of alkyl halides is 3. The normalized spacial score (nSPS) is 13.9. The zero-order valence-corrected chi connectivity index (χ0v) is 18.2. The molecule has 176 valence electrons. The van der Waals surface area contributed by atoms with Gasteiger partial charge in [-0.05, 0) is 18.2 Å². The predicted molar refractivity (Wildman–Crippen MR) is 116 cm³/mol. The molecule has 1 aliphatic heterocycles. The number of H-pyrrole nitrogens is 2. The van der Waals surface area contributed by atoms with E-state index >= 15 is 0 Å². The second-order valence-electron chi connectivity index (χ2n) is 7.93. The standard InChI is InChI=1S/C23H19F3N4O4/c1-33-17-9-28-21(34-2)19-18(17)13(8-27-19)20(31)22(32)30-6-5-16-14(10-30)12-7-11(23(24,25)26)3-4-15(12)29-16/h3-4,7-9,27,29H,5-6,10H2,1-2H3. The summed E-state index contributed by atoms with van der Waals surface area (Å²) in [5.41, 5.74) is 1.64. The van der Waals surface area contributed by atoms with Gasteiger partial charge in [0.25, 0.3) is 11.7 Å². The number of nitrogens with one attached hydrogen (secondary N) is 2. The second-order valence-corrected chi connectivity index (χ2v) is 7.93. The summed E-state index contributed by atoms with van der Waals surface area (Å²) in [6.07, 6.45) is -1.30. The number of hydrogen-bond acceptors (Lipinski definition) is 5. The Morgan fingerprint density at radius 1 is 1.18 bits per heavy atom. The van der Waals surface area contributed by atoms with Gasteiger partial charge < -0.3 is 24.3 Å². The fourth-order valence-corrected chi connectivity index (χ4v) is 4.41. The van der Waals surface area contributed by atoms with Crippen LogP contribution in [0.15, 0.2) is 30.6 Å². The highest BCUT2D eigenvalue weighted by molar-refractivity contribution is 6.45. The number of halogens is 3. The molecule has 5 rings (SSSR count). The Bertz CT molecular complexity index is 1450. The van der Waals surface area contributed by atoms with Gasteiger partial charge in [0.2, 0.25) is 5.88 Å². The summed E-state index contributed by atoms with van der Waals surface area (Å²) in [6.45, 7) is 0.270. The van der Waals surface area contributed by atoms with Crippen molar-refractivity contribution in [2.75, 3.05) is 20.8 Å². The molecule has 0 radical (unpaired) electrons. The third kappa shape index (κ3) is 3.35. The highest BCUT2D eigenvalue weighted by Gasteiger charge is 2.33. The van der Waals surface area contributed by atoms with Gasteiger partial charge in [-0.3, -0.25) is 9.59 Å². The lowest BCUT2D eigenvalue weighted by Gasteiger charge is -2.26. The van der Waals surface area contributed by atoms with Crippen molar-refractivity contribution in [2.45, 2.75) is 19.1 Å². The van der Waals surface area contributed by atoms with Crippen LogP contribution < -0.4 is 9.47 Å². The summed E-state index contributed by atoms with van der Waals surface area (Å²) >= 11 is 0. The van der Waals surface area contributed by atoms with Crippen LogP contribution in [-0.2, 0) is 23.9 Å². The van der Waals surface area contributed by atoms with Gasteiger partial charge in [0.15, 0.2) is 0 Å². The van der Waals surface area contributed by atoms with Crippen LogP contribution in [0.25, 0.3) is 21.8 Å². The van der Waals surface area contributed by atoms with E-state index in [9.17, 15) is 22.8 Å². The van der Waals surface area contributed by atoms with Crippen molar-refractivity contribution in [2.24, 2.45) is 0 Å². The van der Waals surface area contributed by atoms with Gasteiger partial charge in [0.05, 0.1) is 36.9 Å². The Labute approximate surface area is 190 Å². The quantitative estimate of drug-likeness (QED) is 0.347. The lowest BCUT2D eigenvalue weighted by atomic mass is 10.0. The van der Waals surface area contributed by atoms with E-state index in [1.807, 2.05) is 0 Å². The molecule has 0 atom stereocenters. The summed E-state index contributed by atoms with van der Waals surface area (Å²) in [6, 6.07) is 3.47. The number of pyridine rings is 1. The highest BCUT2D eigenvalue weighted by Crippen LogP contribution is 2.36. The molecule has 34 heavy (non-hydrogen) atoms. The van der Waals surface area contributed by atoms with Gasteiger partial charge in [0.1, 0.15) is 11.3 Å². The molecular weight excluding hydrogens is 453 g/mol. The Morgan fingerprint density at radius 3 is 2.68 bits per heavy atom. The third-order valence-electron chi connectivity index (χ3n) is 6.08. The second kappa shape index (κ2) is 7.79. The molecule has 0 saturated heterocycles. The van der Waals surface area contributed by atoms with Gasteiger partial charge >= 0.3 is 6.18 Å². The molecule has 0 unspecified atom stereocenters. The number of nitrogens with zero attached hydrogens (tertiary/aromatic N) is 2. The van der Waals surface area contributed by atoms with E-state index in [0.717, 1.165) is 17.8 Å². The SMILES string of the molecule is COc1ncc(OC)c2c(C(=O)C(=O)N3CCc4[nH]c5ccc(C(F)(F)F)cc5c4C3)c[nH]c12. The minimum Gasteiger partial charge on any atom is -0.494 e. The molecule has 4 heterocycles. The first-order valence-corrected chi connectivity index (χ1v) is 10.3. The van der Waals surface area contributed by atoms with E-state index < -0.39 is 23.4 Å². The Kier molecular flexibility index (Phi) is 4.99. The number of fused-ring (bicyclic) bond motifs is 4. The Balaban J connectivity index is 1.49. The van der Waals surface area contributed by atoms with Crippen molar-refractivity contribution >= 4 is 33.5 Å². The third-order valence-corrected chi connectivity index (χ3v) is 6.08. The molecule has 8 nitrogen and oxygen atoms in total. The number of Topliss-reactive ketones (excluding diaryl/α,β-unsaturated/α-hetero) is 1. The number of rotatable bonds is 4. The summed E-state index contributed by atoms with van der Waals surface area (Å²) in [4.78, 5) is 37.9. The van der Waals surface area contributed by atoms with Crippen molar-refractivity contribution in [3.63, 3.8) is 0 Å². The zero-order chi connectivity index (χ0) is 24.2. The number of benzene rings is 1. The molecule has 1 aliphatic rings.